The normalized spacial score (nSPS) is 13.9. The van der Waals surface area contributed by atoms with Crippen molar-refractivity contribution in [1.82, 2.24) is 4.90 Å². The summed E-state index contributed by atoms with van der Waals surface area (Å²) in [5, 5.41) is 0.115. The number of nitrogens with zero attached hydrogens (tertiary/aromatic N) is 1. The molecule has 0 saturated heterocycles. The number of halogens is 1. The highest BCUT2D eigenvalue weighted by Gasteiger charge is 2.07. The first-order valence-corrected chi connectivity index (χ1v) is 5.81. The van der Waals surface area contributed by atoms with Crippen LogP contribution in [0.4, 0.5) is 0 Å². The van der Waals surface area contributed by atoms with Gasteiger partial charge in [0.05, 0.1) is 12.0 Å². The van der Waals surface area contributed by atoms with E-state index >= 15 is 0 Å². The van der Waals surface area contributed by atoms with E-state index in [9.17, 15) is 0 Å². The lowest BCUT2D eigenvalue weighted by Gasteiger charge is -2.19. The number of hydrogen-bond acceptors (Lipinski definition) is 2. The van der Waals surface area contributed by atoms with Gasteiger partial charge in [0.2, 0.25) is 0 Å². The molecule has 0 aromatic rings. The predicted octanol–water partition coefficient (Wildman–Crippen LogP) is 2.61. The molecule has 0 amide bonds. The number of alkyl halides is 1. The maximum Gasteiger partial charge on any atom is 0.0696 e. The first-order chi connectivity index (χ1) is 6.56. The van der Waals surface area contributed by atoms with Crippen LogP contribution in [0.2, 0.25) is 0 Å². The zero-order valence-electron chi connectivity index (χ0n) is 9.92. The third-order valence-electron chi connectivity index (χ3n) is 2.18. The fourth-order valence-electron chi connectivity index (χ4n) is 1.43. The second-order valence-electron chi connectivity index (χ2n) is 4.35. The molecule has 1 unspecified atom stereocenters. The molecule has 0 aliphatic rings. The Balaban J connectivity index is 3.39. The lowest BCUT2D eigenvalue weighted by atomic mass is 10.1. The molecule has 0 heterocycles. The van der Waals surface area contributed by atoms with E-state index in [1.165, 1.54) is 12.8 Å². The van der Waals surface area contributed by atoms with Crippen LogP contribution in [-0.2, 0) is 4.74 Å². The summed E-state index contributed by atoms with van der Waals surface area (Å²) >= 11 is 6.05. The zero-order chi connectivity index (χ0) is 11.0. The van der Waals surface area contributed by atoms with E-state index in [1.54, 1.807) is 7.11 Å². The Bertz CT molecular complexity index is 130. The largest absolute Gasteiger partial charge is 0.383 e. The van der Waals surface area contributed by atoms with Gasteiger partial charge in [-0.3, -0.25) is 0 Å². The van der Waals surface area contributed by atoms with Gasteiger partial charge < -0.3 is 9.64 Å². The molecule has 1 atom stereocenters. The molecule has 2 nitrogen and oxygen atoms in total. The SMILES string of the molecule is COCC(Cl)CN(C)CCCC(C)C. The number of methoxy groups -OCH3 is 1. The first kappa shape index (κ1) is 14.2. The zero-order valence-corrected chi connectivity index (χ0v) is 10.7. The molecule has 14 heavy (non-hydrogen) atoms. The minimum Gasteiger partial charge on any atom is -0.383 e. The third kappa shape index (κ3) is 8.79. The summed E-state index contributed by atoms with van der Waals surface area (Å²) in [4.78, 5) is 2.28. The molecule has 0 aliphatic carbocycles. The van der Waals surface area contributed by atoms with Crippen LogP contribution in [0, 0.1) is 5.92 Å². The molecule has 0 spiro atoms. The second-order valence-corrected chi connectivity index (χ2v) is 4.97. The molecule has 0 rings (SSSR count). The fourth-order valence-corrected chi connectivity index (χ4v) is 1.79. The monoisotopic (exact) mass is 221 g/mol. The molecule has 86 valence electrons. The molecule has 0 aromatic carbocycles. The average Bonchev–Trinajstić information content (AvgIpc) is 2.03. The summed E-state index contributed by atoms with van der Waals surface area (Å²) in [5.74, 6) is 0.800. The molecule has 0 aromatic heterocycles. The molecule has 0 radical (unpaired) electrons. The smallest absolute Gasteiger partial charge is 0.0696 e. The van der Waals surface area contributed by atoms with Crippen molar-refractivity contribution >= 4 is 11.6 Å². The van der Waals surface area contributed by atoms with E-state index in [-0.39, 0.29) is 5.38 Å². The topological polar surface area (TPSA) is 12.5 Å². The van der Waals surface area contributed by atoms with Gasteiger partial charge in [0.25, 0.3) is 0 Å². The molecule has 3 heteroatoms. The van der Waals surface area contributed by atoms with Crippen molar-refractivity contribution in [3.63, 3.8) is 0 Å². The molecular weight excluding hydrogens is 198 g/mol. The summed E-state index contributed by atoms with van der Waals surface area (Å²) in [6.45, 7) is 7.19. The van der Waals surface area contributed by atoms with E-state index in [1.807, 2.05) is 0 Å². The van der Waals surface area contributed by atoms with Crippen LogP contribution in [0.15, 0.2) is 0 Å². The minimum absolute atomic E-state index is 0.115. The Kier molecular flexibility index (Phi) is 8.64. The highest BCUT2D eigenvalue weighted by Crippen LogP contribution is 2.05. The van der Waals surface area contributed by atoms with Crippen molar-refractivity contribution in [2.24, 2.45) is 5.92 Å². The van der Waals surface area contributed by atoms with Crippen LogP contribution in [0.25, 0.3) is 0 Å². The van der Waals surface area contributed by atoms with E-state index in [4.69, 9.17) is 16.3 Å². The van der Waals surface area contributed by atoms with E-state index in [0.29, 0.717) is 6.61 Å². The van der Waals surface area contributed by atoms with Gasteiger partial charge in [0.15, 0.2) is 0 Å². The van der Waals surface area contributed by atoms with Crippen molar-refractivity contribution in [2.45, 2.75) is 32.1 Å². The predicted molar refractivity (Wildman–Crippen MR) is 63.1 cm³/mol. The average molecular weight is 222 g/mol. The van der Waals surface area contributed by atoms with E-state index in [0.717, 1.165) is 19.0 Å². The molecule has 0 saturated carbocycles. The van der Waals surface area contributed by atoms with Gasteiger partial charge in [-0.05, 0) is 32.4 Å². The van der Waals surface area contributed by atoms with Gasteiger partial charge in [0, 0.05) is 13.7 Å². The molecule has 0 fully saturated rings. The van der Waals surface area contributed by atoms with E-state index < -0.39 is 0 Å². The van der Waals surface area contributed by atoms with E-state index in [2.05, 4.69) is 25.8 Å². The standard InChI is InChI=1S/C11H24ClNO/c1-10(2)6-5-7-13(3)8-11(12)9-14-4/h10-11H,5-9H2,1-4H3. The summed E-state index contributed by atoms with van der Waals surface area (Å²) in [6.07, 6.45) is 2.55. The number of rotatable bonds is 8. The van der Waals surface area contributed by atoms with Crippen molar-refractivity contribution in [2.75, 3.05) is 33.9 Å². The first-order valence-electron chi connectivity index (χ1n) is 5.37. The van der Waals surface area contributed by atoms with Crippen LogP contribution < -0.4 is 0 Å². The van der Waals surface area contributed by atoms with Crippen LogP contribution >= 0.6 is 11.6 Å². The highest BCUT2D eigenvalue weighted by molar-refractivity contribution is 6.20. The Hall–Kier alpha value is 0.210. The highest BCUT2D eigenvalue weighted by atomic mass is 35.5. The van der Waals surface area contributed by atoms with Gasteiger partial charge in [-0.1, -0.05) is 13.8 Å². The van der Waals surface area contributed by atoms with Gasteiger partial charge in [-0.2, -0.15) is 0 Å². The number of hydrogen-bond donors (Lipinski definition) is 0. The summed E-state index contributed by atoms with van der Waals surface area (Å²) in [5.41, 5.74) is 0. The summed E-state index contributed by atoms with van der Waals surface area (Å²) in [7, 11) is 3.81. The van der Waals surface area contributed by atoms with Crippen molar-refractivity contribution < 1.29 is 4.74 Å². The Morgan fingerprint density at radius 1 is 1.36 bits per heavy atom. The van der Waals surface area contributed by atoms with Crippen LogP contribution in [0.1, 0.15) is 26.7 Å². The Morgan fingerprint density at radius 2 is 2.00 bits per heavy atom. The molecule has 0 bridgehead atoms. The summed E-state index contributed by atoms with van der Waals surface area (Å²) in [6, 6.07) is 0. The Labute approximate surface area is 93.6 Å². The van der Waals surface area contributed by atoms with Gasteiger partial charge in [-0.25, -0.2) is 0 Å². The van der Waals surface area contributed by atoms with Gasteiger partial charge in [-0.15, -0.1) is 11.6 Å². The maximum absolute atomic E-state index is 6.05. The second kappa shape index (κ2) is 8.51. The number of ether oxygens (including phenoxy) is 1. The van der Waals surface area contributed by atoms with Gasteiger partial charge >= 0.3 is 0 Å². The molecular formula is C11H24ClNO. The fraction of sp³-hybridized carbons (Fsp3) is 1.00. The summed E-state index contributed by atoms with van der Waals surface area (Å²) < 4.78 is 4.99. The van der Waals surface area contributed by atoms with Crippen LogP contribution in [0.3, 0.4) is 0 Å². The minimum atomic E-state index is 0.115. The maximum atomic E-state index is 6.05. The quantitative estimate of drug-likeness (QED) is 0.585. The lowest BCUT2D eigenvalue weighted by Crippen LogP contribution is -2.29. The van der Waals surface area contributed by atoms with Crippen molar-refractivity contribution in [3.8, 4) is 0 Å². The molecule has 0 aliphatic heterocycles. The van der Waals surface area contributed by atoms with Crippen molar-refractivity contribution in [3.05, 3.63) is 0 Å². The Morgan fingerprint density at radius 3 is 2.50 bits per heavy atom. The lowest BCUT2D eigenvalue weighted by molar-refractivity contribution is 0.181. The third-order valence-corrected chi connectivity index (χ3v) is 2.44. The molecule has 0 N–H and O–H groups in total. The van der Waals surface area contributed by atoms with Crippen LogP contribution in [0.5, 0.6) is 0 Å². The van der Waals surface area contributed by atoms with Crippen LogP contribution in [-0.4, -0.2) is 44.1 Å². The van der Waals surface area contributed by atoms with Crippen molar-refractivity contribution in [1.29, 1.82) is 0 Å². The van der Waals surface area contributed by atoms with Gasteiger partial charge in [0.1, 0.15) is 0 Å².